The zero-order valence-electron chi connectivity index (χ0n) is 12.4. The lowest BCUT2D eigenvalue weighted by Gasteiger charge is -2.13. The highest BCUT2D eigenvalue weighted by atomic mass is 16.5. The van der Waals surface area contributed by atoms with E-state index in [1.807, 2.05) is 6.92 Å². The molecule has 3 heteroatoms. The Kier molecular flexibility index (Phi) is 3.81. The number of aromatic nitrogens is 1. The predicted molar refractivity (Wildman–Crippen MR) is 82.9 cm³/mol. The lowest BCUT2D eigenvalue weighted by molar-refractivity contribution is 0.0465. The first kappa shape index (κ1) is 13.7. The molecule has 3 atom stereocenters. The summed E-state index contributed by atoms with van der Waals surface area (Å²) >= 11 is 0. The third kappa shape index (κ3) is 2.89. The van der Waals surface area contributed by atoms with Gasteiger partial charge in [-0.05, 0) is 62.3 Å². The number of hydrogen-bond acceptors (Lipinski definition) is 2. The fourth-order valence-corrected chi connectivity index (χ4v) is 3.15. The number of fused-ring (bicyclic) bond motifs is 1. The van der Waals surface area contributed by atoms with Crippen LogP contribution in [0.1, 0.15) is 32.3 Å². The van der Waals surface area contributed by atoms with E-state index in [2.05, 4.69) is 42.0 Å². The highest BCUT2D eigenvalue weighted by Crippen LogP contribution is 2.24. The van der Waals surface area contributed by atoms with Gasteiger partial charge in [0.1, 0.15) is 0 Å². The number of nitrogens with two attached hydrogens (primary N) is 1. The summed E-state index contributed by atoms with van der Waals surface area (Å²) in [5.41, 5.74) is 8.48. The summed E-state index contributed by atoms with van der Waals surface area (Å²) in [4.78, 5) is 0. The van der Waals surface area contributed by atoms with Crippen molar-refractivity contribution >= 4 is 10.9 Å². The van der Waals surface area contributed by atoms with E-state index in [0.717, 1.165) is 13.0 Å². The SMILES string of the molecule is CC(N)Cc1ccc2c(ccn2CC2CCC(C)O2)c1. The van der Waals surface area contributed by atoms with E-state index in [9.17, 15) is 0 Å². The van der Waals surface area contributed by atoms with Gasteiger partial charge in [-0.2, -0.15) is 0 Å². The van der Waals surface area contributed by atoms with Crippen molar-refractivity contribution in [2.24, 2.45) is 5.73 Å². The van der Waals surface area contributed by atoms with Crippen LogP contribution < -0.4 is 5.73 Å². The van der Waals surface area contributed by atoms with Gasteiger partial charge in [-0.1, -0.05) is 6.07 Å². The maximum absolute atomic E-state index is 5.92. The molecule has 108 valence electrons. The van der Waals surface area contributed by atoms with E-state index in [0.29, 0.717) is 12.2 Å². The molecule has 1 saturated heterocycles. The van der Waals surface area contributed by atoms with Crippen molar-refractivity contribution in [3.05, 3.63) is 36.0 Å². The van der Waals surface area contributed by atoms with Gasteiger partial charge in [-0.25, -0.2) is 0 Å². The maximum Gasteiger partial charge on any atom is 0.0758 e. The second-order valence-electron chi connectivity index (χ2n) is 6.19. The van der Waals surface area contributed by atoms with Crippen LogP contribution in [-0.4, -0.2) is 22.8 Å². The van der Waals surface area contributed by atoms with Crippen LogP contribution >= 0.6 is 0 Å². The molecular formula is C17H24N2O. The van der Waals surface area contributed by atoms with E-state index in [-0.39, 0.29) is 6.04 Å². The van der Waals surface area contributed by atoms with Gasteiger partial charge < -0.3 is 15.0 Å². The molecule has 1 aliphatic heterocycles. The summed E-state index contributed by atoms with van der Waals surface area (Å²) in [6.45, 7) is 5.17. The summed E-state index contributed by atoms with van der Waals surface area (Å²) in [7, 11) is 0. The minimum Gasteiger partial charge on any atom is -0.373 e. The molecule has 0 aliphatic carbocycles. The molecular weight excluding hydrogens is 248 g/mol. The molecule has 0 spiro atoms. The summed E-state index contributed by atoms with van der Waals surface area (Å²) in [5.74, 6) is 0. The molecule has 1 aromatic heterocycles. The topological polar surface area (TPSA) is 40.2 Å². The monoisotopic (exact) mass is 272 g/mol. The Labute approximate surface area is 120 Å². The first-order valence-electron chi connectivity index (χ1n) is 7.60. The summed E-state index contributed by atoms with van der Waals surface area (Å²) in [6, 6.07) is 9.07. The predicted octanol–water partition coefficient (Wildman–Crippen LogP) is 3.10. The number of benzene rings is 1. The minimum absolute atomic E-state index is 0.211. The van der Waals surface area contributed by atoms with Crippen molar-refractivity contribution < 1.29 is 4.74 Å². The average Bonchev–Trinajstić information content (AvgIpc) is 2.96. The van der Waals surface area contributed by atoms with Crippen LogP contribution in [0.15, 0.2) is 30.5 Å². The molecule has 0 amide bonds. The highest BCUT2D eigenvalue weighted by molar-refractivity contribution is 5.80. The van der Waals surface area contributed by atoms with Gasteiger partial charge in [0.05, 0.1) is 12.2 Å². The van der Waals surface area contributed by atoms with Crippen LogP contribution in [0, 0.1) is 0 Å². The smallest absolute Gasteiger partial charge is 0.0758 e. The van der Waals surface area contributed by atoms with Gasteiger partial charge in [0.25, 0.3) is 0 Å². The fraction of sp³-hybridized carbons (Fsp3) is 0.529. The molecule has 2 aromatic rings. The quantitative estimate of drug-likeness (QED) is 0.929. The standard InChI is InChI=1S/C17H24N2O/c1-12(18)9-14-4-6-17-15(10-14)7-8-19(17)11-16-5-3-13(2)20-16/h4,6-8,10,12-13,16H,3,5,9,11,18H2,1-2H3. The maximum atomic E-state index is 5.92. The summed E-state index contributed by atoms with van der Waals surface area (Å²) < 4.78 is 8.24. The Morgan fingerprint density at radius 2 is 2.20 bits per heavy atom. The lowest BCUT2D eigenvalue weighted by Crippen LogP contribution is -2.17. The van der Waals surface area contributed by atoms with Crippen LogP contribution in [0.5, 0.6) is 0 Å². The molecule has 3 unspecified atom stereocenters. The third-order valence-corrected chi connectivity index (χ3v) is 4.11. The van der Waals surface area contributed by atoms with Crippen molar-refractivity contribution in [3.8, 4) is 0 Å². The Morgan fingerprint density at radius 1 is 1.35 bits per heavy atom. The molecule has 0 saturated carbocycles. The van der Waals surface area contributed by atoms with Gasteiger partial charge in [0.15, 0.2) is 0 Å². The van der Waals surface area contributed by atoms with E-state index in [1.54, 1.807) is 0 Å². The highest BCUT2D eigenvalue weighted by Gasteiger charge is 2.22. The molecule has 2 N–H and O–H groups in total. The lowest BCUT2D eigenvalue weighted by atomic mass is 10.1. The molecule has 2 heterocycles. The summed E-state index contributed by atoms with van der Waals surface area (Å²) in [5, 5.41) is 1.30. The molecule has 1 aromatic carbocycles. The second kappa shape index (κ2) is 5.58. The Hall–Kier alpha value is -1.32. The molecule has 20 heavy (non-hydrogen) atoms. The normalized spacial score (nSPS) is 24.4. The minimum atomic E-state index is 0.211. The molecule has 1 fully saturated rings. The van der Waals surface area contributed by atoms with Crippen LogP contribution in [-0.2, 0) is 17.7 Å². The van der Waals surface area contributed by atoms with Gasteiger partial charge in [-0.15, -0.1) is 0 Å². The largest absolute Gasteiger partial charge is 0.373 e. The summed E-state index contributed by atoms with van der Waals surface area (Å²) in [6.07, 6.45) is 6.24. The Balaban J connectivity index is 1.79. The van der Waals surface area contributed by atoms with E-state index < -0.39 is 0 Å². The van der Waals surface area contributed by atoms with Crippen LogP contribution in [0.25, 0.3) is 10.9 Å². The Bertz CT molecular complexity index is 588. The van der Waals surface area contributed by atoms with Gasteiger partial charge in [0, 0.05) is 24.3 Å². The van der Waals surface area contributed by atoms with Gasteiger partial charge in [-0.3, -0.25) is 0 Å². The third-order valence-electron chi connectivity index (χ3n) is 4.11. The van der Waals surface area contributed by atoms with Crippen LogP contribution in [0.2, 0.25) is 0 Å². The van der Waals surface area contributed by atoms with E-state index in [1.165, 1.54) is 29.3 Å². The molecule has 0 bridgehead atoms. The van der Waals surface area contributed by atoms with Gasteiger partial charge >= 0.3 is 0 Å². The first-order valence-corrected chi connectivity index (χ1v) is 7.60. The second-order valence-corrected chi connectivity index (χ2v) is 6.19. The van der Waals surface area contributed by atoms with Crippen molar-refractivity contribution in [1.82, 2.24) is 4.57 Å². The van der Waals surface area contributed by atoms with Crippen molar-refractivity contribution in [2.45, 2.75) is 57.9 Å². The number of ether oxygens (including phenoxy) is 1. The van der Waals surface area contributed by atoms with E-state index in [4.69, 9.17) is 10.5 Å². The van der Waals surface area contributed by atoms with Crippen LogP contribution in [0.4, 0.5) is 0 Å². The fourth-order valence-electron chi connectivity index (χ4n) is 3.15. The van der Waals surface area contributed by atoms with Crippen molar-refractivity contribution in [2.75, 3.05) is 0 Å². The van der Waals surface area contributed by atoms with Crippen LogP contribution in [0.3, 0.4) is 0 Å². The van der Waals surface area contributed by atoms with Gasteiger partial charge in [0.2, 0.25) is 0 Å². The Morgan fingerprint density at radius 3 is 2.90 bits per heavy atom. The molecule has 0 radical (unpaired) electrons. The van der Waals surface area contributed by atoms with Crippen molar-refractivity contribution in [3.63, 3.8) is 0 Å². The zero-order chi connectivity index (χ0) is 14.1. The first-order chi connectivity index (χ1) is 9.61. The molecule has 3 rings (SSSR count). The number of rotatable bonds is 4. The molecule has 3 nitrogen and oxygen atoms in total. The number of nitrogens with zero attached hydrogens (tertiary/aromatic N) is 1. The average molecular weight is 272 g/mol. The van der Waals surface area contributed by atoms with E-state index >= 15 is 0 Å². The number of hydrogen-bond donors (Lipinski definition) is 1. The van der Waals surface area contributed by atoms with Crippen molar-refractivity contribution in [1.29, 1.82) is 0 Å². The molecule has 1 aliphatic rings. The zero-order valence-corrected chi connectivity index (χ0v) is 12.4.